The average molecular weight is 288 g/mol. The maximum absolute atomic E-state index is 11.5. The number of rotatable bonds is 4. The number of hydrogen-bond acceptors (Lipinski definition) is 4. The summed E-state index contributed by atoms with van der Waals surface area (Å²) < 4.78 is 28.5. The van der Waals surface area contributed by atoms with Crippen molar-refractivity contribution in [1.29, 1.82) is 0 Å². The first-order valence-corrected chi connectivity index (χ1v) is 7.57. The molecule has 0 aliphatic rings. The van der Waals surface area contributed by atoms with Crippen LogP contribution in [-0.2, 0) is 9.84 Å². The van der Waals surface area contributed by atoms with Crippen LogP contribution in [0.4, 0.5) is 5.69 Å². The van der Waals surface area contributed by atoms with Crippen molar-refractivity contribution in [3.8, 4) is 5.75 Å². The molecule has 0 fully saturated rings. The maximum Gasteiger partial charge on any atom is 0.175 e. The van der Waals surface area contributed by atoms with E-state index in [0.717, 1.165) is 6.26 Å². The lowest BCUT2D eigenvalue weighted by molar-refractivity contribution is 0.243. The van der Waals surface area contributed by atoms with Gasteiger partial charge in [0.2, 0.25) is 0 Å². The second-order valence-corrected chi connectivity index (χ2v) is 6.54. The molecule has 0 aromatic heterocycles. The fraction of sp³-hybridized carbons (Fsp3) is 0.364. The summed E-state index contributed by atoms with van der Waals surface area (Å²) in [4.78, 5) is 0.178. The average Bonchev–Trinajstić information content (AvgIpc) is 2.17. The second-order valence-electron chi connectivity index (χ2n) is 4.09. The van der Waals surface area contributed by atoms with Crippen LogP contribution in [0, 0.1) is 0 Å². The van der Waals surface area contributed by atoms with Gasteiger partial charge in [-0.05, 0) is 44.3 Å². The first-order valence-electron chi connectivity index (χ1n) is 5.27. The molecular weight excluding hydrogens is 272 g/mol. The zero-order valence-corrected chi connectivity index (χ0v) is 12.1. The molecule has 7 heteroatoms. The SMILES string of the molecule is CC(C)Oc1ccc(S(C)(=O)=O)cc1NC(N)=S. The lowest BCUT2D eigenvalue weighted by atomic mass is 10.3. The van der Waals surface area contributed by atoms with E-state index in [2.05, 4.69) is 5.32 Å². The number of thiocarbonyl (C=S) groups is 1. The second kappa shape index (κ2) is 5.53. The van der Waals surface area contributed by atoms with E-state index < -0.39 is 9.84 Å². The molecule has 0 bridgehead atoms. The molecule has 1 rings (SSSR count). The predicted molar refractivity (Wildman–Crippen MR) is 75.7 cm³/mol. The smallest absolute Gasteiger partial charge is 0.175 e. The van der Waals surface area contributed by atoms with Gasteiger partial charge in [-0.15, -0.1) is 0 Å². The van der Waals surface area contributed by atoms with Crippen molar-refractivity contribution in [2.45, 2.75) is 24.8 Å². The van der Waals surface area contributed by atoms with Crippen LogP contribution >= 0.6 is 12.2 Å². The monoisotopic (exact) mass is 288 g/mol. The third-order valence-electron chi connectivity index (χ3n) is 2.00. The van der Waals surface area contributed by atoms with Crippen LogP contribution in [0.2, 0.25) is 0 Å². The number of benzene rings is 1. The summed E-state index contributed by atoms with van der Waals surface area (Å²) in [6.07, 6.45) is 1.09. The number of ether oxygens (including phenoxy) is 1. The Kier molecular flexibility index (Phi) is 4.53. The van der Waals surface area contributed by atoms with Gasteiger partial charge in [0.25, 0.3) is 0 Å². The molecule has 3 N–H and O–H groups in total. The highest BCUT2D eigenvalue weighted by Crippen LogP contribution is 2.28. The lowest BCUT2D eigenvalue weighted by Gasteiger charge is -2.15. The summed E-state index contributed by atoms with van der Waals surface area (Å²) in [5, 5.41) is 2.76. The molecule has 0 spiro atoms. The van der Waals surface area contributed by atoms with Crippen molar-refractivity contribution in [2.24, 2.45) is 5.73 Å². The van der Waals surface area contributed by atoms with E-state index in [-0.39, 0.29) is 16.1 Å². The van der Waals surface area contributed by atoms with Gasteiger partial charge < -0.3 is 15.8 Å². The quantitative estimate of drug-likeness (QED) is 0.818. The Bertz CT molecular complexity index is 553. The van der Waals surface area contributed by atoms with Gasteiger partial charge >= 0.3 is 0 Å². The maximum atomic E-state index is 11.5. The molecule has 18 heavy (non-hydrogen) atoms. The van der Waals surface area contributed by atoms with Gasteiger partial charge in [-0.2, -0.15) is 0 Å². The first kappa shape index (κ1) is 14.7. The lowest BCUT2D eigenvalue weighted by Crippen LogP contribution is -2.20. The number of nitrogens with one attached hydrogen (secondary N) is 1. The highest BCUT2D eigenvalue weighted by molar-refractivity contribution is 7.90. The Morgan fingerprint density at radius 1 is 1.44 bits per heavy atom. The number of anilines is 1. The fourth-order valence-corrected chi connectivity index (χ4v) is 2.08. The van der Waals surface area contributed by atoms with E-state index >= 15 is 0 Å². The van der Waals surface area contributed by atoms with E-state index in [0.29, 0.717) is 11.4 Å². The van der Waals surface area contributed by atoms with Crippen molar-refractivity contribution in [1.82, 2.24) is 0 Å². The van der Waals surface area contributed by atoms with Gasteiger partial charge in [-0.3, -0.25) is 0 Å². The Hall–Kier alpha value is -1.34. The molecule has 0 aliphatic carbocycles. The molecule has 0 unspecified atom stereocenters. The third-order valence-corrected chi connectivity index (χ3v) is 3.21. The predicted octanol–water partition coefficient (Wildman–Crippen LogP) is 1.53. The zero-order valence-electron chi connectivity index (χ0n) is 10.4. The Morgan fingerprint density at radius 2 is 2.06 bits per heavy atom. The van der Waals surface area contributed by atoms with Crippen molar-refractivity contribution in [3.05, 3.63) is 18.2 Å². The van der Waals surface area contributed by atoms with Gasteiger partial charge in [0.1, 0.15) is 5.75 Å². The molecule has 0 saturated heterocycles. The summed E-state index contributed by atoms with van der Waals surface area (Å²) in [6, 6.07) is 4.51. The molecule has 0 radical (unpaired) electrons. The van der Waals surface area contributed by atoms with Gasteiger partial charge in [0, 0.05) is 6.26 Å². The first-order chi connectivity index (χ1) is 8.20. The highest BCUT2D eigenvalue weighted by atomic mass is 32.2. The number of hydrogen-bond donors (Lipinski definition) is 2. The zero-order chi connectivity index (χ0) is 13.9. The van der Waals surface area contributed by atoms with E-state index in [9.17, 15) is 8.42 Å². The standard InChI is InChI=1S/C11H16N2O3S2/c1-7(2)16-10-5-4-8(18(3,14)15)6-9(10)13-11(12)17/h4-7H,1-3H3,(H3,12,13,17). The summed E-state index contributed by atoms with van der Waals surface area (Å²) in [7, 11) is -3.29. The van der Waals surface area contributed by atoms with Crippen LogP contribution in [0.25, 0.3) is 0 Å². The summed E-state index contributed by atoms with van der Waals surface area (Å²) in [5.41, 5.74) is 5.84. The van der Waals surface area contributed by atoms with Crippen LogP contribution in [0.5, 0.6) is 5.75 Å². The van der Waals surface area contributed by atoms with Gasteiger partial charge in [-0.1, -0.05) is 0 Å². The van der Waals surface area contributed by atoms with Crippen LogP contribution in [-0.4, -0.2) is 25.9 Å². The number of nitrogens with two attached hydrogens (primary N) is 1. The van der Waals surface area contributed by atoms with Crippen LogP contribution < -0.4 is 15.8 Å². The Morgan fingerprint density at radius 3 is 2.50 bits per heavy atom. The molecule has 0 atom stereocenters. The van der Waals surface area contributed by atoms with Gasteiger partial charge in [0.05, 0.1) is 16.7 Å². The minimum atomic E-state index is -3.29. The molecule has 1 aromatic rings. The molecule has 100 valence electrons. The Balaban J connectivity index is 3.24. The molecule has 0 heterocycles. The normalized spacial score (nSPS) is 11.3. The topological polar surface area (TPSA) is 81.4 Å². The van der Waals surface area contributed by atoms with Gasteiger partial charge in [0.15, 0.2) is 14.9 Å². The molecule has 1 aromatic carbocycles. The third kappa shape index (κ3) is 4.15. The molecule has 0 amide bonds. The van der Waals surface area contributed by atoms with Crippen LogP contribution in [0.15, 0.2) is 23.1 Å². The number of sulfone groups is 1. The minimum Gasteiger partial charge on any atom is -0.489 e. The fourth-order valence-electron chi connectivity index (χ4n) is 1.33. The van der Waals surface area contributed by atoms with E-state index in [4.69, 9.17) is 22.7 Å². The Labute approximate surface area is 112 Å². The van der Waals surface area contributed by atoms with Crippen LogP contribution in [0.1, 0.15) is 13.8 Å². The largest absolute Gasteiger partial charge is 0.489 e. The molecule has 0 saturated carbocycles. The van der Waals surface area contributed by atoms with Crippen molar-refractivity contribution < 1.29 is 13.2 Å². The van der Waals surface area contributed by atoms with Crippen LogP contribution in [0.3, 0.4) is 0 Å². The summed E-state index contributed by atoms with van der Waals surface area (Å²) in [5.74, 6) is 0.505. The van der Waals surface area contributed by atoms with Crippen molar-refractivity contribution in [2.75, 3.05) is 11.6 Å². The van der Waals surface area contributed by atoms with E-state index in [1.54, 1.807) is 6.07 Å². The van der Waals surface area contributed by atoms with Gasteiger partial charge in [-0.25, -0.2) is 8.42 Å². The highest BCUT2D eigenvalue weighted by Gasteiger charge is 2.13. The van der Waals surface area contributed by atoms with Crippen molar-refractivity contribution >= 4 is 32.9 Å². The van der Waals surface area contributed by atoms with E-state index in [1.165, 1.54) is 12.1 Å². The summed E-state index contributed by atoms with van der Waals surface area (Å²) in [6.45, 7) is 3.74. The van der Waals surface area contributed by atoms with E-state index in [1.807, 2.05) is 13.8 Å². The molecule has 5 nitrogen and oxygen atoms in total. The van der Waals surface area contributed by atoms with Crippen molar-refractivity contribution in [3.63, 3.8) is 0 Å². The molecular formula is C11H16N2O3S2. The summed E-state index contributed by atoms with van der Waals surface area (Å²) >= 11 is 4.75. The molecule has 0 aliphatic heterocycles. The minimum absolute atomic E-state index is 0.0408.